The van der Waals surface area contributed by atoms with Gasteiger partial charge >= 0.3 is 0 Å². The van der Waals surface area contributed by atoms with Gasteiger partial charge in [-0.3, -0.25) is 0 Å². The molecule has 1 unspecified atom stereocenters. The third-order valence-corrected chi connectivity index (χ3v) is 6.83. The topological polar surface area (TPSA) is 73.7 Å². The van der Waals surface area contributed by atoms with Gasteiger partial charge in [0.2, 0.25) is 10.0 Å². The smallest absolute Gasteiger partial charge is 0.246 e. The summed E-state index contributed by atoms with van der Waals surface area (Å²) < 4.78 is 39.8. The Labute approximate surface area is 140 Å². The highest BCUT2D eigenvalue weighted by Gasteiger charge is 2.53. The second kappa shape index (κ2) is 5.58. The number of hydrogen-bond acceptors (Lipinski definition) is 5. The molecule has 0 amide bonds. The molecule has 0 radical (unpaired) electrons. The van der Waals surface area contributed by atoms with Gasteiger partial charge in [0, 0.05) is 13.2 Å². The van der Waals surface area contributed by atoms with Gasteiger partial charge in [-0.25, -0.2) is 13.1 Å². The number of sulfonamides is 1. The average Bonchev–Trinajstić information content (AvgIpc) is 3.24. The molecular weight excluding hydrogens is 330 g/mol. The number of methoxy groups -OCH3 is 1. The first-order chi connectivity index (χ1) is 11.6. The van der Waals surface area contributed by atoms with Crippen molar-refractivity contribution in [3.63, 3.8) is 0 Å². The first kappa shape index (κ1) is 15.6. The lowest BCUT2D eigenvalue weighted by molar-refractivity contribution is 0.0525. The molecule has 8 heteroatoms. The van der Waals surface area contributed by atoms with Crippen LogP contribution >= 0.6 is 0 Å². The maximum atomic E-state index is 13.0. The van der Waals surface area contributed by atoms with E-state index in [9.17, 15) is 8.42 Å². The van der Waals surface area contributed by atoms with Crippen LogP contribution in [0.4, 0.5) is 0 Å². The molecule has 7 nitrogen and oxygen atoms in total. The fraction of sp³-hybridized carbons (Fsp3) is 0.438. The zero-order valence-corrected chi connectivity index (χ0v) is 14.2. The Balaban J connectivity index is 1.67. The van der Waals surface area contributed by atoms with Crippen LogP contribution in [0.3, 0.4) is 0 Å². The number of rotatable bonds is 4. The predicted molar refractivity (Wildman–Crippen MR) is 86.8 cm³/mol. The Kier molecular flexibility index (Phi) is 3.63. The van der Waals surface area contributed by atoms with Crippen molar-refractivity contribution >= 4 is 10.0 Å². The molecular formula is C16H19N3O4S. The van der Waals surface area contributed by atoms with Crippen molar-refractivity contribution in [1.82, 2.24) is 14.1 Å². The molecule has 0 saturated carbocycles. The van der Waals surface area contributed by atoms with Crippen molar-refractivity contribution in [1.29, 1.82) is 0 Å². The van der Waals surface area contributed by atoms with Crippen molar-refractivity contribution < 1.29 is 17.9 Å². The highest BCUT2D eigenvalue weighted by atomic mass is 32.2. The molecule has 2 aromatic rings. The minimum Gasteiger partial charge on any atom is -0.494 e. The van der Waals surface area contributed by atoms with Crippen LogP contribution in [-0.2, 0) is 14.8 Å². The summed E-state index contributed by atoms with van der Waals surface area (Å²) in [6.45, 7) is 1.63. The SMILES string of the molecule is COc1ccccc1-n1cc(S(=O)(=O)N2CCC23CCOC3)cn1. The van der Waals surface area contributed by atoms with Gasteiger partial charge in [0.05, 0.1) is 31.6 Å². The van der Waals surface area contributed by atoms with Crippen LogP contribution < -0.4 is 4.74 Å². The molecule has 1 spiro atoms. The zero-order chi connectivity index (χ0) is 16.8. The summed E-state index contributed by atoms with van der Waals surface area (Å²) in [6.07, 6.45) is 4.54. The first-order valence-corrected chi connectivity index (χ1v) is 9.30. The third-order valence-electron chi connectivity index (χ3n) is 4.87. The predicted octanol–water partition coefficient (Wildman–Crippen LogP) is 1.43. The molecule has 128 valence electrons. The molecule has 0 aliphatic carbocycles. The number of aromatic nitrogens is 2. The molecule has 1 atom stereocenters. The fourth-order valence-electron chi connectivity index (χ4n) is 3.40. The summed E-state index contributed by atoms with van der Waals surface area (Å²) in [6, 6.07) is 7.35. The first-order valence-electron chi connectivity index (χ1n) is 7.85. The van der Waals surface area contributed by atoms with E-state index in [1.165, 1.54) is 17.1 Å². The highest BCUT2D eigenvalue weighted by Crippen LogP contribution is 2.41. The summed E-state index contributed by atoms with van der Waals surface area (Å²) in [4.78, 5) is 0.194. The Hall–Kier alpha value is -1.90. The molecule has 4 rings (SSSR count). The van der Waals surface area contributed by atoms with E-state index < -0.39 is 10.0 Å². The summed E-state index contributed by atoms with van der Waals surface area (Å²) >= 11 is 0. The monoisotopic (exact) mass is 349 g/mol. The van der Waals surface area contributed by atoms with Gasteiger partial charge in [-0.05, 0) is 25.0 Å². The Morgan fingerprint density at radius 1 is 1.29 bits per heavy atom. The molecule has 1 aromatic heterocycles. The lowest BCUT2D eigenvalue weighted by Gasteiger charge is -2.47. The van der Waals surface area contributed by atoms with Crippen LogP contribution in [-0.4, -0.2) is 54.9 Å². The van der Waals surface area contributed by atoms with Crippen LogP contribution in [0.2, 0.25) is 0 Å². The largest absolute Gasteiger partial charge is 0.494 e. The van der Waals surface area contributed by atoms with Crippen molar-refractivity contribution in [2.45, 2.75) is 23.3 Å². The highest BCUT2D eigenvalue weighted by molar-refractivity contribution is 7.89. The van der Waals surface area contributed by atoms with Crippen LogP contribution in [0, 0.1) is 0 Å². The quantitative estimate of drug-likeness (QED) is 0.835. The number of nitrogens with zero attached hydrogens (tertiary/aromatic N) is 3. The van der Waals surface area contributed by atoms with Crippen LogP contribution in [0.25, 0.3) is 5.69 Å². The molecule has 24 heavy (non-hydrogen) atoms. The number of benzene rings is 1. The minimum atomic E-state index is -3.57. The van der Waals surface area contributed by atoms with E-state index in [1.807, 2.05) is 24.3 Å². The molecule has 2 saturated heterocycles. The van der Waals surface area contributed by atoms with Gasteiger partial charge in [-0.15, -0.1) is 0 Å². The molecule has 1 aromatic carbocycles. The molecule has 0 N–H and O–H groups in total. The van der Waals surface area contributed by atoms with Crippen LogP contribution in [0.1, 0.15) is 12.8 Å². The summed E-state index contributed by atoms with van der Waals surface area (Å²) in [5, 5.41) is 4.22. The molecule has 0 bridgehead atoms. The second-order valence-corrected chi connectivity index (χ2v) is 8.01. The van der Waals surface area contributed by atoms with E-state index >= 15 is 0 Å². The minimum absolute atomic E-state index is 0.194. The number of ether oxygens (including phenoxy) is 2. The lowest BCUT2D eigenvalue weighted by atomic mass is 9.87. The molecule has 3 heterocycles. The third kappa shape index (κ3) is 2.25. The maximum Gasteiger partial charge on any atom is 0.246 e. The van der Waals surface area contributed by atoms with E-state index in [1.54, 1.807) is 11.4 Å². The number of para-hydroxylation sites is 2. The standard InChI is InChI=1S/C16H19N3O4S/c1-22-15-5-3-2-4-14(15)18-11-13(10-17-18)24(20,21)19-8-6-16(19)7-9-23-12-16/h2-5,10-11H,6-9,12H2,1H3. The summed E-state index contributed by atoms with van der Waals surface area (Å²) in [7, 11) is -2.00. The van der Waals surface area contributed by atoms with E-state index in [-0.39, 0.29) is 10.4 Å². The number of hydrogen-bond donors (Lipinski definition) is 0. The van der Waals surface area contributed by atoms with Crippen molar-refractivity contribution in [2.75, 3.05) is 26.9 Å². The Bertz CT molecular complexity index is 856. The van der Waals surface area contributed by atoms with E-state index in [0.29, 0.717) is 31.2 Å². The van der Waals surface area contributed by atoms with E-state index in [4.69, 9.17) is 9.47 Å². The lowest BCUT2D eigenvalue weighted by Crippen LogP contribution is -2.62. The normalized spacial score (nSPS) is 24.2. The second-order valence-electron chi connectivity index (χ2n) is 6.15. The molecule has 2 aliphatic rings. The fourth-order valence-corrected chi connectivity index (χ4v) is 5.15. The van der Waals surface area contributed by atoms with Crippen molar-refractivity contribution in [3.05, 3.63) is 36.7 Å². The van der Waals surface area contributed by atoms with Gasteiger partial charge in [0.1, 0.15) is 16.3 Å². The van der Waals surface area contributed by atoms with Gasteiger partial charge < -0.3 is 9.47 Å². The molecule has 2 aliphatic heterocycles. The Morgan fingerprint density at radius 2 is 2.12 bits per heavy atom. The Morgan fingerprint density at radius 3 is 2.79 bits per heavy atom. The maximum absolute atomic E-state index is 13.0. The van der Waals surface area contributed by atoms with Crippen molar-refractivity contribution in [3.8, 4) is 11.4 Å². The van der Waals surface area contributed by atoms with Crippen LogP contribution in [0.5, 0.6) is 5.75 Å². The van der Waals surface area contributed by atoms with Gasteiger partial charge in [0.15, 0.2) is 0 Å². The van der Waals surface area contributed by atoms with E-state index in [0.717, 1.165) is 12.8 Å². The summed E-state index contributed by atoms with van der Waals surface area (Å²) in [5.41, 5.74) is 0.342. The van der Waals surface area contributed by atoms with E-state index in [2.05, 4.69) is 5.10 Å². The van der Waals surface area contributed by atoms with Crippen LogP contribution in [0.15, 0.2) is 41.6 Å². The average molecular weight is 349 g/mol. The van der Waals surface area contributed by atoms with Gasteiger partial charge in [-0.1, -0.05) is 12.1 Å². The molecule has 2 fully saturated rings. The summed E-state index contributed by atoms with van der Waals surface area (Å²) in [5.74, 6) is 0.633. The zero-order valence-electron chi connectivity index (χ0n) is 13.4. The van der Waals surface area contributed by atoms with Gasteiger partial charge in [0.25, 0.3) is 0 Å². The van der Waals surface area contributed by atoms with Gasteiger partial charge in [-0.2, -0.15) is 9.40 Å². The van der Waals surface area contributed by atoms with Crippen molar-refractivity contribution in [2.24, 2.45) is 0 Å².